The van der Waals surface area contributed by atoms with Gasteiger partial charge in [0.15, 0.2) is 5.16 Å². The van der Waals surface area contributed by atoms with Gasteiger partial charge in [-0.25, -0.2) is 4.98 Å². The van der Waals surface area contributed by atoms with Crippen molar-refractivity contribution in [2.24, 2.45) is 5.92 Å². The Morgan fingerprint density at radius 3 is 2.86 bits per heavy atom. The molecule has 1 fully saturated rings. The van der Waals surface area contributed by atoms with E-state index in [-0.39, 0.29) is 24.9 Å². The second kappa shape index (κ2) is 5.60. The van der Waals surface area contributed by atoms with E-state index in [0.717, 1.165) is 4.90 Å². The Labute approximate surface area is 128 Å². The van der Waals surface area contributed by atoms with Crippen molar-refractivity contribution in [1.29, 1.82) is 0 Å². The molecule has 1 aromatic rings. The van der Waals surface area contributed by atoms with Crippen LogP contribution in [-0.2, 0) is 6.54 Å². The van der Waals surface area contributed by atoms with E-state index in [2.05, 4.69) is 4.98 Å². The summed E-state index contributed by atoms with van der Waals surface area (Å²) in [5, 5.41) is 0.549. The number of alkyl halides is 3. The van der Waals surface area contributed by atoms with Gasteiger partial charge < -0.3 is 4.90 Å². The maximum absolute atomic E-state index is 12.8. The highest BCUT2D eigenvalue weighted by Gasteiger charge is 2.43. The topological polar surface area (TPSA) is 55.2 Å². The summed E-state index contributed by atoms with van der Waals surface area (Å²) in [7, 11) is 0. The van der Waals surface area contributed by atoms with Crippen LogP contribution in [-0.4, -0.2) is 45.4 Å². The number of amides is 1. The fourth-order valence-electron chi connectivity index (χ4n) is 2.76. The number of fused-ring (bicyclic) bond motifs is 1. The Bertz CT molecular complexity index is 659. The summed E-state index contributed by atoms with van der Waals surface area (Å²) in [6, 6.07) is 0. The number of hydrogen-bond donors (Lipinski definition) is 0. The van der Waals surface area contributed by atoms with E-state index in [9.17, 15) is 22.8 Å². The van der Waals surface area contributed by atoms with E-state index in [1.54, 1.807) is 0 Å². The number of piperidine rings is 1. The first kappa shape index (κ1) is 15.4. The van der Waals surface area contributed by atoms with Crippen molar-refractivity contribution in [3.05, 3.63) is 22.1 Å². The van der Waals surface area contributed by atoms with E-state index in [1.807, 2.05) is 0 Å². The minimum Gasteiger partial charge on any atom is -0.338 e. The third-order valence-corrected chi connectivity index (χ3v) is 4.93. The maximum Gasteiger partial charge on any atom is 0.393 e. The van der Waals surface area contributed by atoms with Crippen LogP contribution in [0.3, 0.4) is 0 Å². The number of carbonyl (C=O) groups is 1. The summed E-state index contributed by atoms with van der Waals surface area (Å²) < 4.78 is 39.9. The Hall–Kier alpha value is -1.51. The number of rotatable bonds is 1. The van der Waals surface area contributed by atoms with E-state index in [1.165, 1.54) is 22.5 Å². The van der Waals surface area contributed by atoms with Gasteiger partial charge in [0.25, 0.3) is 11.5 Å². The number of halogens is 3. The molecule has 2 aliphatic rings. The van der Waals surface area contributed by atoms with Crippen LogP contribution in [0.15, 0.2) is 16.1 Å². The lowest BCUT2D eigenvalue weighted by Crippen LogP contribution is -2.46. The van der Waals surface area contributed by atoms with Crippen LogP contribution in [0.4, 0.5) is 13.2 Å². The minimum absolute atomic E-state index is 0.0192. The standard InChI is InChI=1S/C13H14F3N3O2S/c14-13(15,16)8-2-1-3-18(7-8)10(20)9-6-17-12-19(11(9)21)4-5-22-12/h6,8H,1-5,7H2/t8-/m0/s1. The van der Waals surface area contributed by atoms with Crippen LogP contribution in [0, 0.1) is 5.92 Å². The number of likely N-dealkylation sites (tertiary alicyclic amines) is 1. The molecule has 5 nitrogen and oxygen atoms in total. The van der Waals surface area contributed by atoms with Gasteiger partial charge in [-0.1, -0.05) is 11.8 Å². The first-order valence-electron chi connectivity index (χ1n) is 6.96. The van der Waals surface area contributed by atoms with Gasteiger partial charge in [-0.2, -0.15) is 13.2 Å². The molecule has 0 bridgehead atoms. The van der Waals surface area contributed by atoms with Gasteiger partial charge in [0.2, 0.25) is 0 Å². The molecule has 1 saturated heterocycles. The van der Waals surface area contributed by atoms with Gasteiger partial charge in [0, 0.05) is 31.6 Å². The summed E-state index contributed by atoms with van der Waals surface area (Å²) >= 11 is 1.42. The second-order valence-corrected chi connectivity index (χ2v) is 6.45. The lowest BCUT2D eigenvalue weighted by molar-refractivity contribution is -0.184. The molecule has 1 aromatic heterocycles. The van der Waals surface area contributed by atoms with Gasteiger partial charge in [0.05, 0.1) is 5.92 Å². The molecule has 9 heteroatoms. The van der Waals surface area contributed by atoms with Crippen molar-refractivity contribution in [2.75, 3.05) is 18.8 Å². The van der Waals surface area contributed by atoms with Gasteiger partial charge in [-0.15, -0.1) is 0 Å². The molecule has 0 unspecified atom stereocenters. The summed E-state index contributed by atoms with van der Waals surface area (Å²) in [6.07, 6.45) is -2.83. The second-order valence-electron chi connectivity index (χ2n) is 5.39. The Morgan fingerprint density at radius 1 is 1.36 bits per heavy atom. The molecule has 22 heavy (non-hydrogen) atoms. The fourth-order valence-corrected chi connectivity index (χ4v) is 3.68. The van der Waals surface area contributed by atoms with Crippen LogP contribution >= 0.6 is 11.8 Å². The normalized spacial score (nSPS) is 21.8. The van der Waals surface area contributed by atoms with Gasteiger partial charge in [0.1, 0.15) is 5.56 Å². The number of hydrogen-bond acceptors (Lipinski definition) is 4. The summed E-state index contributed by atoms with van der Waals surface area (Å²) in [6.45, 7) is 0.317. The van der Waals surface area contributed by atoms with Crippen LogP contribution < -0.4 is 5.56 Å². The predicted octanol–water partition coefficient (Wildman–Crippen LogP) is 1.76. The summed E-state index contributed by atoms with van der Waals surface area (Å²) in [5.74, 6) is -1.47. The summed E-state index contributed by atoms with van der Waals surface area (Å²) in [5.41, 5.74) is -0.608. The molecule has 0 spiro atoms. The lowest BCUT2D eigenvalue weighted by Gasteiger charge is -2.33. The minimum atomic E-state index is -4.32. The van der Waals surface area contributed by atoms with Gasteiger partial charge >= 0.3 is 6.18 Å². The molecule has 0 N–H and O–H groups in total. The lowest BCUT2D eigenvalue weighted by atomic mass is 9.97. The molecule has 0 aliphatic carbocycles. The van der Waals surface area contributed by atoms with Gasteiger partial charge in [-0.3, -0.25) is 14.2 Å². The third kappa shape index (κ3) is 2.73. The van der Waals surface area contributed by atoms with Crippen molar-refractivity contribution in [2.45, 2.75) is 30.7 Å². The van der Waals surface area contributed by atoms with E-state index >= 15 is 0 Å². The average Bonchev–Trinajstić information content (AvgIpc) is 2.96. The average molecular weight is 333 g/mol. The Kier molecular flexibility index (Phi) is 3.92. The molecule has 2 aliphatic heterocycles. The molecular weight excluding hydrogens is 319 g/mol. The molecule has 3 rings (SSSR count). The zero-order chi connectivity index (χ0) is 15.9. The molecule has 0 radical (unpaired) electrons. The predicted molar refractivity (Wildman–Crippen MR) is 73.9 cm³/mol. The van der Waals surface area contributed by atoms with Crippen molar-refractivity contribution < 1.29 is 18.0 Å². The van der Waals surface area contributed by atoms with Crippen LogP contribution in [0.25, 0.3) is 0 Å². The smallest absolute Gasteiger partial charge is 0.338 e. The van der Waals surface area contributed by atoms with Crippen LogP contribution in [0.5, 0.6) is 0 Å². The number of nitrogens with zero attached hydrogens (tertiary/aromatic N) is 3. The number of carbonyl (C=O) groups excluding carboxylic acids is 1. The zero-order valence-electron chi connectivity index (χ0n) is 11.6. The van der Waals surface area contributed by atoms with Crippen molar-refractivity contribution in [3.8, 4) is 0 Å². The molecule has 1 amide bonds. The zero-order valence-corrected chi connectivity index (χ0v) is 12.4. The molecule has 1 atom stereocenters. The van der Waals surface area contributed by atoms with E-state index in [0.29, 0.717) is 17.5 Å². The highest BCUT2D eigenvalue weighted by atomic mass is 32.2. The van der Waals surface area contributed by atoms with Crippen molar-refractivity contribution >= 4 is 17.7 Å². The summed E-state index contributed by atoms with van der Waals surface area (Å²) in [4.78, 5) is 29.8. The number of aromatic nitrogens is 2. The molecule has 0 aromatic carbocycles. The van der Waals surface area contributed by atoms with E-state index in [4.69, 9.17) is 0 Å². The first-order valence-corrected chi connectivity index (χ1v) is 7.95. The SMILES string of the molecule is O=C(c1cnc2n(c1=O)CCS2)N1CCC[C@H](C(F)(F)F)C1. The highest BCUT2D eigenvalue weighted by Crippen LogP contribution is 2.33. The van der Waals surface area contributed by atoms with Crippen LogP contribution in [0.2, 0.25) is 0 Å². The van der Waals surface area contributed by atoms with Gasteiger partial charge in [-0.05, 0) is 12.8 Å². The van der Waals surface area contributed by atoms with Crippen molar-refractivity contribution in [3.63, 3.8) is 0 Å². The van der Waals surface area contributed by atoms with E-state index < -0.39 is 30.1 Å². The third-order valence-electron chi connectivity index (χ3n) is 3.96. The number of thioether (sulfide) groups is 1. The molecular formula is C13H14F3N3O2S. The molecule has 120 valence electrons. The first-order chi connectivity index (χ1) is 10.4. The Morgan fingerprint density at radius 2 is 2.14 bits per heavy atom. The van der Waals surface area contributed by atoms with Crippen LogP contribution in [0.1, 0.15) is 23.2 Å². The Balaban J connectivity index is 1.84. The largest absolute Gasteiger partial charge is 0.393 e. The quantitative estimate of drug-likeness (QED) is 0.735. The van der Waals surface area contributed by atoms with Crippen molar-refractivity contribution in [1.82, 2.24) is 14.5 Å². The molecule has 0 saturated carbocycles. The maximum atomic E-state index is 12.8. The fraction of sp³-hybridized carbons (Fsp3) is 0.615. The monoisotopic (exact) mass is 333 g/mol. The molecule has 3 heterocycles. The highest BCUT2D eigenvalue weighted by molar-refractivity contribution is 7.99.